The molecule has 2 amide bonds. The third kappa shape index (κ3) is 2.00. The predicted octanol–water partition coefficient (Wildman–Crippen LogP) is 2.72. The van der Waals surface area contributed by atoms with E-state index in [1.165, 1.54) is 4.90 Å². The molecule has 0 spiro atoms. The van der Waals surface area contributed by atoms with E-state index in [1.54, 1.807) is 31.4 Å². The monoisotopic (exact) mass is 291 g/mol. The predicted molar refractivity (Wildman–Crippen MR) is 75.6 cm³/mol. The quantitative estimate of drug-likeness (QED) is 0.787. The topological polar surface area (TPSA) is 46.6 Å². The van der Waals surface area contributed by atoms with Gasteiger partial charge in [-0.1, -0.05) is 17.7 Å². The Hall–Kier alpha value is -1.81. The smallest absolute Gasteiger partial charge is 0.238 e. The zero-order chi connectivity index (χ0) is 14.3. The summed E-state index contributed by atoms with van der Waals surface area (Å²) in [5, 5.41) is 0.670. The molecule has 1 aromatic carbocycles. The molecule has 0 aromatic heterocycles. The molecule has 0 radical (unpaired) electrons. The molecule has 0 unspecified atom stereocenters. The van der Waals surface area contributed by atoms with Crippen LogP contribution in [0.25, 0.3) is 0 Å². The molecule has 0 bridgehead atoms. The van der Waals surface area contributed by atoms with Crippen molar-refractivity contribution in [3.8, 4) is 5.75 Å². The fourth-order valence-corrected chi connectivity index (χ4v) is 3.07. The summed E-state index contributed by atoms with van der Waals surface area (Å²) in [4.78, 5) is 26.1. The van der Waals surface area contributed by atoms with Crippen LogP contribution in [0.15, 0.2) is 35.4 Å². The molecule has 5 heteroatoms. The van der Waals surface area contributed by atoms with Gasteiger partial charge in [-0.2, -0.15) is 0 Å². The number of hydrogen-bond acceptors (Lipinski definition) is 3. The van der Waals surface area contributed by atoms with Crippen LogP contribution in [-0.4, -0.2) is 18.9 Å². The highest BCUT2D eigenvalue weighted by atomic mass is 35.5. The lowest BCUT2D eigenvalue weighted by atomic mass is 9.85. The largest absolute Gasteiger partial charge is 0.497 e. The second kappa shape index (κ2) is 4.94. The highest BCUT2D eigenvalue weighted by molar-refractivity contribution is 6.30. The molecule has 0 N–H and O–H groups in total. The number of amides is 2. The minimum atomic E-state index is -0.317. The number of hydrogen-bond donors (Lipinski definition) is 0. The number of nitrogens with zero attached hydrogens (tertiary/aromatic N) is 1. The maximum atomic E-state index is 12.4. The van der Waals surface area contributed by atoms with Crippen molar-refractivity contribution in [1.29, 1.82) is 0 Å². The zero-order valence-corrected chi connectivity index (χ0v) is 11.8. The molecule has 104 valence electrons. The van der Waals surface area contributed by atoms with E-state index < -0.39 is 0 Å². The number of ether oxygens (including phenoxy) is 1. The third-order valence-electron chi connectivity index (χ3n) is 3.90. The Morgan fingerprint density at radius 3 is 2.45 bits per heavy atom. The van der Waals surface area contributed by atoms with Gasteiger partial charge in [0.25, 0.3) is 0 Å². The van der Waals surface area contributed by atoms with E-state index in [1.807, 2.05) is 6.08 Å². The number of imide groups is 1. The number of methoxy groups -OCH3 is 1. The van der Waals surface area contributed by atoms with Gasteiger partial charge in [-0.3, -0.25) is 14.5 Å². The summed E-state index contributed by atoms with van der Waals surface area (Å²) >= 11 is 5.99. The number of benzene rings is 1. The van der Waals surface area contributed by atoms with Crippen molar-refractivity contribution in [1.82, 2.24) is 0 Å². The van der Waals surface area contributed by atoms with Crippen molar-refractivity contribution in [3.63, 3.8) is 0 Å². The van der Waals surface area contributed by atoms with Crippen LogP contribution < -0.4 is 9.64 Å². The van der Waals surface area contributed by atoms with E-state index in [-0.39, 0.29) is 23.7 Å². The zero-order valence-electron chi connectivity index (χ0n) is 11.0. The van der Waals surface area contributed by atoms with Gasteiger partial charge in [-0.25, -0.2) is 0 Å². The van der Waals surface area contributed by atoms with Crippen molar-refractivity contribution < 1.29 is 14.3 Å². The van der Waals surface area contributed by atoms with Crippen molar-refractivity contribution in [2.75, 3.05) is 12.0 Å². The van der Waals surface area contributed by atoms with E-state index >= 15 is 0 Å². The number of carbonyl (C=O) groups is 2. The minimum Gasteiger partial charge on any atom is -0.497 e. The summed E-state index contributed by atoms with van der Waals surface area (Å²) in [6.45, 7) is 0. The number of carbonyl (C=O) groups excluding carboxylic acids is 2. The Morgan fingerprint density at radius 2 is 1.80 bits per heavy atom. The third-order valence-corrected chi connectivity index (χ3v) is 4.21. The SMILES string of the molecule is COc1ccc(N2C(=O)[C@@H]3CC=C(Cl)C[C@H]3C2=O)cc1. The molecule has 1 aliphatic carbocycles. The Kier molecular flexibility index (Phi) is 3.26. The maximum absolute atomic E-state index is 12.4. The lowest BCUT2D eigenvalue weighted by molar-refractivity contribution is -0.122. The average Bonchev–Trinajstić information content (AvgIpc) is 2.71. The normalized spacial score (nSPS) is 25.5. The van der Waals surface area contributed by atoms with Gasteiger partial charge in [-0.05, 0) is 37.1 Å². The Balaban J connectivity index is 1.91. The first-order valence-electron chi connectivity index (χ1n) is 6.48. The first-order chi connectivity index (χ1) is 9.61. The molecule has 1 heterocycles. The highest BCUT2D eigenvalue weighted by Gasteiger charge is 2.48. The lowest BCUT2D eigenvalue weighted by Crippen LogP contribution is -2.30. The number of halogens is 1. The summed E-state index contributed by atoms with van der Waals surface area (Å²) in [7, 11) is 1.57. The number of fused-ring (bicyclic) bond motifs is 1. The summed E-state index contributed by atoms with van der Waals surface area (Å²) < 4.78 is 5.08. The van der Waals surface area contributed by atoms with Gasteiger partial charge in [0, 0.05) is 5.03 Å². The van der Waals surface area contributed by atoms with Crippen LogP contribution in [0.3, 0.4) is 0 Å². The molecule has 1 fully saturated rings. The molecule has 1 saturated heterocycles. The second-order valence-electron chi connectivity index (χ2n) is 5.01. The standard InChI is InChI=1S/C15H14ClNO3/c1-20-11-5-3-10(4-6-11)17-14(18)12-7-2-9(16)8-13(12)15(17)19/h2-6,12-13H,7-8H2,1H3/t12-,13-/m1/s1. The van der Waals surface area contributed by atoms with Crippen LogP contribution in [0.2, 0.25) is 0 Å². The second-order valence-corrected chi connectivity index (χ2v) is 5.50. The number of rotatable bonds is 2. The van der Waals surface area contributed by atoms with E-state index in [0.29, 0.717) is 29.3 Å². The summed E-state index contributed by atoms with van der Waals surface area (Å²) in [5.41, 5.74) is 0.589. The van der Waals surface area contributed by atoms with Gasteiger partial charge in [0.1, 0.15) is 5.75 Å². The molecule has 4 nitrogen and oxygen atoms in total. The summed E-state index contributed by atoms with van der Waals surface area (Å²) in [5.74, 6) is -0.189. The first kappa shape index (κ1) is 13.2. The Morgan fingerprint density at radius 1 is 1.15 bits per heavy atom. The molecule has 1 aromatic rings. The van der Waals surface area contributed by atoms with Gasteiger partial charge in [0.15, 0.2) is 0 Å². The van der Waals surface area contributed by atoms with Gasteiger partial charge in [0.2, 0.25) is 11.8 Å². The van der Waals surface area contributed by atoms with Crippen LogP contribution in [0, 0.1) is 11.8 Å². The molecule has 2 aliphatic rings. The fraction of sp³-hybridized carbons (Fsp3) is 0.333. The van der Waals surface area contributed by atoms with Crippen LogP contribution in [0.4, 0.5) is 5.69 Å². The van der Waals surface area contributed by atoms with E-state index in [9.17, 15) is 9.59 Å². The van der Waals surface area contributed by atoms with Crippen LogP contribution in [0.1, 0.15) is 12.8 Å². The highest BCUT2D eigenvalue weighted by Crippen LogP contribution is 2.40. The molecule has 2 atom stereocenters. The summed E-state index contributed by atoms with van der Waals surface area (Å²) in [6.07, 6.45) is 2.84. The van der Waals surface area contributed by atoms with E-state index in [0.717, 1.165) is 0 Å². The molecule has 0 saturated carbocycles. The van der Waals surface area contributed by atoms with Crippen molar-refractivity contribution >= 4 is 29.1 Å². The van der Waals surface area contributed by atoms with Crippen LogP contribution in [-0.2, 0) is 9.59 Å². The summed E-state index contributed by atoms with van der Waals surface area (Å²) in [6, 6.07) is 6.92. The van der Waals surface area contributed by atoms with E-state index in [4.69, 9.17) is 16.3 Å². The van der Waals surface area contributed by atoms with Gasteiger partial charge >= 0.3 is 0 Å². The molecule has 3 rings (SSSR count). The molecular formula is C15H14ClNO3. The van der Waals surface area contributed by atoms with Gasteiger partial charge in [0.05, 0.1) is 24.6 Å². The van der Waals surface area contributed by atoms with Crippen molar-refractivity contribution in [2.45, 2.75) is 12.8 Å². The van der Waals surface area contributed by atoms with E-state index in [2.05, 4.69) is 0 Å². The number of anilines is 1. The molecular weight excluding hydrogens is 278 g/mol. The minimum absolute atomic E-state index is 0.134. The van der Waals surface area contributed by atoms with Gasteiger partial charge < -0.3 is 4.74 Å². The first-order valence-corrected chi connectivity index (χ1v) is 6.86. The van der Waals surface area contributed by atoms with Crippen LogP contribution >= 0.6 is 11.6 Å². The maximum Gasteiger partial charge on any atom is 0.238 e. The lowest BCUT2D eigenvalue weighted by Gasteiger charge is -2.17. The van der Waals surface area contributed by atoms with Gasteiger partial charge in [-0.15, -0.1) is 0 Å². The van der Waals surface area contributed by atoms with Crippen molar-refractivity contribution in [2.24, 2.45) is 11.8 Å². The Bertz CT molecular complexity index is 594. The molecule has 1 aliphatic heterocycles. The van der Waals surface area contributed by atoms with Crippen LogP contribution in [0.5, 0.6) is 5.75 Å². The number of allylic oxidation sites excluding steroid dienone is 2. The van der Waals surface area contributed by atoms with Crippen molar-refractivity contribution in [3.05, 3.63) is 35.4 Å². The molecule has 20 heavy (non-hydrogen) atoms. The fourth-order valence-electron chi connectivity index (χ4n) is 2.81. The average molecular weight is 292 g/mol. The Labute approximate surface area is 122 Å².